The van der Waals surface area contributed by atoms with Gasteiger partial charge < -0.3 is 4.74 Å². The number of hydrogen-bond acceptors (Lipinski definition) is 1. The molecule has 1 nitrogen and oxygen atoms in total. The third kappa shape index (κ3) is 5.92. The number of epoxide rings is 1. The van der Waals surface area contributed by atoms with Gasteiger partial charge in [0, 0.05) is 0 Å². The summed E-state index contributed by atoms with van der Waals surface area (Å²) in [5.41, 5.74) is 4.16. The summed E-state index contributed by atoms with van der Waals surface area (Å²) in [7, 11) is 0. The van der Waals surface area contributed by atoms with Crippen molar-refractivity contribution in [2.45, 2.75) is 52.6 Å². The molecular formula is C15H24O. The van der Waals surface area contributed by atoms with Crippen molar-refractivity contribution in [3.63, 3.8) is 0 Å². The first-order valence-electron chi connectivity index (χ1n) is 6.18. The lowest BCUT2D eigenvalue weighted by atomic mass is 10.1. The first kappa shape index (κ1) is 13.2. The highest BCUT2D eigenvalue weighted by molar-refractivity contribution is 5.10. The zero-order chi connectivity index (χ0) is 12.0. The van der Waals surface area contributed by atoms with Crippen LogP contribution >= 0.6 is 0 Å². The lowest BCUT2D eigenvalue weighted by Gasteiger charge is -2.01. The zero-order valence-corrected chi connectivity index (χ0v) is 10.9. The molecule has 0 aliphatic carbocycles. The van der Waals surface area contributed by atoms with Crippen LogP contribution in [-0.2, 0) is 4.74 Å². The highest BCUT2D eigenvalue weighted by atomic mass is 16.6. The number of ether oxygens (including phenoxy) is 1. The van der Waals surface area contributed by atoms with Gasteiger partial charge in [-0.1, -0.05) is 29.9 Å². The first-order chi connectivity index (χ1) is 7.59. The third-order valence-corrected chi connectivity index (χ3v) is 2.84. The fourth-order valence-corrected chi connectivity index (χ4v) is 1.64. The SMILES string of the molecule is C=C(CC/C=C(\C)CCC=C(C)C)C1CO1. The van der Waals surface area contributed by atoms with E-state index in [0.717, 1.165) is 25.9 Å². The van der Waals surface area contributed by atoms with E-state index < -0.39 is 0 Å². The summed E-state index contributed by atoms with van der Waals surface area (Å²) in [6, 6.07) is 0. The van der Waals surface area contributed by atoms with Gasteiger partial charge in [0.1, 0.15) is 6.10 Å². The van der Waals surface area contributed by atoms with Gasteiger partial charge in [0.25, 0.3) is 0 Å². The first-order valence-corrected chi connectivity index (χ1v) is 6.18. The Morgan fingerprint density at radius 2 is 1.81 bits per heavy atom. The molecule has 0 aromatic heterocycles. The van der Waals surface area contributed by atoms with Gasteiger partial charge >= 0.3 is 0 Å². The van der Waals surface area contributed by atoms with Gasteiger partial charge in [0.05, 0.1) is 6.61 Å². The molecule has 1 heterocycles. The Bertz CT molecular complexity index is 289. The average Bonchev–Trinajstić information content (AvgIpc) is 2.99. The smallest absolute Gasteiger partial charge is 0.102 e. The molecule has 1 aliphatic heterocycles. The molecule has 0 N–H and O–H groups in total. The molecule has 1 atom stereocenters. The molecule has 1 aliphatic rings. The highest BCUT2D eigenvalue weighted by Crippen LogP contribution is 2.22. The van der Waals surface area contributed by atoms with Crippen molar-refractivity contribution >= 4 is 0 Å². The molecule has 0 spiro atoms. The summed E-state index contributed by atoms with van der Waals surface area (Å²) in [6.07, 6.45) is 9.54. The van der Waals surface area contributed by atoms with Crippen molar-refractivity contribution in [2.24, 2.45) is 0 Å². The summed E-state index contributed by atoms with van der Waals surface area (Å²) in [4.78, 5) is 0. The molecule has 0 amide bonds. The zero-order valence-electron chi connectivity index (χ0n) is 10.9. The predicted molar refractivity (Wildman–Crippen MR) is 70.5 cm³/mol. The van der Waals surface area contributed by atoms with Crippen LogP contribution in [-0.4, -0.2) is 12.7 Å². The maximum Gasteiger partial charge on any atom is 0.102 e. The van der Waals surface area contributed by atoms with Gasteiger partial charge in [-0.15, -0.1) is 0 Å². The minimum atomic E-state index is 0.374. The largest absolute Gasteiger partial charge is 0.368 e. The highest BCUT2D eigenvalue weighted by Gasteiger charge is 2.24. The Morgan fingerprint density at radius 1 is 1.19 bits per heavy atom. The fraction of sp³-hybridized carbons (Fsp3) is 0.600. The molecule has 0 bridgehead atoms. The molecular weight excluding hydrogens is 196 g/mol. The van der Waals surface area contributed by atoms with Crippen LogP contribution in [0, 0.1) is 0 Å². The quantitative estimate of drug-likeness (QED) is 0.457. The van der Waals surface area contributed by atoms with E-state index in [1.54, 1.807) is 0 Å². The number of hydrogen-bond donors (Lipinski definition) is 0. The molecule has 1 rings (SSSR count). The minimum Gasteiger partial charge on any atom is -0.368 e. The van der Waals surface area contributed by atoms with Crippen LogP contribution in [0.1, 0.15) is 46.5 Å². The van der Waals surface area contributed by atoms with E-state index in [9.17, 15) is 0 Å². The second kappa shape index (κ2) is 6.70. The third-order valence-electron chi connectivity index (χ3n) is 2.84. The normalized spacial score (nSPS) is 19.4. The second-order valence-electron chi connectivity index (χ2n) is 4.89. The summed E-state index contributed by atoms with van der Waals surface area (Å²) in [6.45, 7) is 11.4. The molecule has 0 aromatic rings. The Morgan fingerprint density at radius 3 is 2.38 bits per heavy atom. The molecule has 0 saturated carbocycles. The van der Waals surface area contributed by atoms with E-state index in [0.29, 0.717) is 6.10 Å². The summed E-state index contributed by atoms with van der Waals surface area (Å²) in [5, 5.41) is 0. The van der Waals surface area contributed by atoms with Crippen LogP contribution in [0.25, 0.3) is 0 Å². The Balaban J connectivity index is 2.12. The van der Waals surface area contributed by atoms with Gasteiger partial charge in [-0.2, -0.15) is 0 Å². The molecule has 0 radical (unpaired) electrons. The van der Waals surface area contributed by atoms with Gasteiger partial charge in [-0.05, 0) is 52.0 Å². The topological polar surface area (TPSA) is 12.5 Å². The summed E-state index contributed by atoms with van der Waals surface area (Å²) >= 11 is 0. The van der Waals surface area contributed by atoms with Crippen LogP contribution in [0.4, 0.5) is 0 Å². The van der Waals surface area contributed by atoms with Crippen LogP contribution in [0.5, 0.6) is 0 Å². The Kier molecular flexibility index (Phi) is 5.54. The molecule has 1 heteroatoms. The van der Waals surface area contributed by atoms with E-state index in [-0.39, 0.29) is 0 Å². The van der Waals surface area contributed by atoms with E-state index in [1.807, 2.05) is 0 Å². The molecule has 0 aromatic carbocycles. The maximum atomic E-state index is 5.19. The van der Waals surface area contributed by atoms with E-state index in [1.165, 1.54) is 23.1 Å². The minimum absolute atomic E-state index is 0.374. The molecule has 1 fully saturated rings. The summed E-state index contributed by atoms with van der Waals surface area (Å²) in [5.74, 6) is 0. The van der Waals surface area contributed by atoms with E-state index >= 15 is 0 Å². The lowest BCUT2D eigenvalue weighted by molar-refractivity contribution is 0.428. The molecule has 16 heavy (non-hydrogen) atoms. The maximum absolute atomic E-state index is 5.19. The Labute approximate surface area is 99.9 Å². The Hall–Kier alpha value is -0.820. The fourth-order valence-electron chi connectivity index (χ4n) is 1.64. The van der Waals surface area contributed by atoms with Crippen LogP contribution in [0.15, 0.2) is 35.5 Å². The predicted octanol–water partition coefficient (Wildman–Crippen LogP) is 4.41. The van der Waals surface area contributed by atoms with Crippen molar-refractivity contribution in [3.8, 4) is 0 Å². The number of allylic oxidation sites excluding steroid dienone is 4. The van der Waals surface area contributed by atoms with Gasteiger partial charge in [-0.25, -0.2) is 0 Å². The lowest BCUT2D eigenvalue weighted by Crippen LogP contribution is -1.90. The second-order valence-corrected chi connectivity index (χ2v) is 4.89. The van der Waals surface area contributed by atoms with Crippen LogP contribution < -0.4 is 0 Å². The van der Waals surface area contributed by atoms with E-state index in [4.69, 9.17) is 4.74 Å². The van der Waals surface area contributed by atoms with Crippen molar-refractivity contribution in [3.05, 3.63) is 35.5 Å². The van der Waals surface area contributed by atoms with Gasteiger partial charge in [-0.3, -0.25) is 0 Å². The van der Waals surface area contributed by atoms with Crippen molar-refractivity contribution < 1.29 is 4.74 Å². The van der Waals surface area contributed by atoms with Crippen molar-refractivity contribution in [1.29, 1.82) is 0 Å². The standard InChI is InChI=1S/C15H24O/c1-12(2)7-5-8-13(3)9-6-10-14(4)15-11-16-15/h7,9,15H,4-6,8,10-11H2,1-3H3/b13-9+. The molecule has 1 unspecified atom stereocenters. The molecule has 90 valence electrons. The number of rotatable bonds is 7. The van der Waals surface area contributed by atoms with Crippen LogP contribution in [0.2, 0.25) is 0 Å². The molecule has 1 saturated heterocycles. The van der Waals surface area contributed by atoms with Crippen molar-refractivity contribution in [1.82, 2.24) is 0 Å². The average molecular weight is 220 g/mol. The van der Waals surface area contributed by atoms with Gasteiger partial charge in [0.2, 0.25) is 0 Å². The van der Waals surface area contributed by atoms with Crippen molar-refractivity contribution in [2.75, 3.05) is 6.61 Å². The monoisotopic (exact) mass is 220 g/mol. The summed E-state index contributed by atoms with van der Waals surface area (Å²) < 4.78 is 5.19. The van der Waals surface area contributed by atoms with Crippen LogP contribution in [0.3, 0.4) is 0 Å². The van der Waals surface area contributed by atoms with E-state index in [2.05, 4.69) is 39.5 Å². The van der Waals surface area contributed by atoms with Gasteiger partial charge in [0.15, 0.2) is 0 Å².